The van der Waals surface area contributed by atoms with Crippen LogP contribution in [-0.4, -0.2) is 23.4 Å². The van der Waals surface area contributed by atoms with Gasteiger partial charge in [-0.15, -0.1) is 11.3 Å². The average Bonchev–Trinajstić information content (AvgIpc) is 3.35. The molecule has 0 aliphatic carbocycles. The molecule has 29 heavy (non-hydrogen) atoms. The third-order valence-electron chi connectivity index (χ3n) is 3.78. The highest BCUT2D eigenvalue weighted by Crippen LogP contribution is 2.26. The minimum atomic E-state index is -0.273. The Balaban J connectivity index is 1.56. The minimum absolute atomic E-state index is 0.125. The van der Waals surface area contributed by atoms with Crippen LogP contribution in [0, 0.1) is 0 Å². The quantitative estimate of drug-likeness (QED) is 0.545. The number of furan rings is 1. The predicted molar refractivity (Wildman–Crippen MR) is 113 cm³/mol. The van der Waals surface area contributed by atoms with Crippen LogP contribution in [0.1, 0.15) is 25.2 Å². The van der Waals surface area contributed by atoms with E-state index in [1.807, 2.05) is 31.2 Å². The summed E-state index contributed by atoms with van der Waals surface area (Å²) in [4.78, 5) is 27.5. The molecule has 2 N–H and O–H groups in total. The Kier molecular flexibility index (Phi) is 6.80. The van der Waals surface area contributed by atoms with Crippen LogP contribution in [0.3, 0.4) is 0 Å². The van der Waals surface area contributed by atoms with Crippen molar-refractivity contribution in [1.82, 2.24) is 10.3 Å². The molecular formula is C21H21N3O4S. The lowest BCUT2D eigenvalue weighted by atomic mass is 10.2. The first-order valence-electron chi connectivity index (χ1n) is 9.04. The van der Waals surface area contributed by atoms with Crippen molar-refractivity contribution in [3.8, 4) is 17.2 Å². The zero-order chi connectivity index (χ0) is 20.6. The maximum absolute atomic E-state index is 12.1. The highest BCUT2D eigenvalue weighted by molar-refractivity contribution is 7.14. The number of ether oxygens (including phenoxy) is 1. The molecule has 150 valence electrons. The standard InChI is InChI=1S/C21H21N3O4S/c1-3-27-16-7-4-15(5-8-16)6-11-20(26)24-21-23-18(13-29-21)19-10-9-17(28-19)12-22-14(2)25/h4-11,13H,3,12H2,1-2H3,(H,22,25)(H,23,24,26)/b11-6+. The Morgan fingerprint density at radius 1 is 1.21 bits per heavy atom. The Morgan fingerprint density at radius 3 is 2.72 bits per heavy atom. The van der Waals surface area contributed by atoms with Crippen molar-refractivity contribution in [3.63, 3.8) is 0 Å². The van der Waals surface area contributed by atoms with Gasteiger partial charge in [0, 0.05) is 18.4 Å². The minimum Gasteiger partial charge on any atom is -0.494 e. The molecule has 3 aromatic rings. The fraction of sp³-hybridized carbons (Fsp3) is 0.190. The molecule has 8 heteroatoms. The zero-order valence-corrected chi connectivity index (χ0v) is 16.9. The molecule has 0 bridgehead atoms. The summed E-state index contributed by atoms with van der Waals surface area (Å²) in [5.74, 6) is 1.60. The number of aromatic nitrogens is 1. The van der Waals surface area contributed by atoms with E-state index < -0.39 is 0 Å². The van der Waals surface area contributed by atoms with Gasteiger partial charge in [-0.1, -0.05) is 12.1 Å². The number of amides is 2. The lowest BCUT2D eigenvalue weighted by Crippen LogP contribution is -2.18. The molecule has 0 unspecified atom stereocenters. The number of nitrogens with one attached hydrogen (secondary N) is 2. The second-order valence-corrected chi connectivity index (χ2v) is 6.90. The molecule has 7 nitrogen and oxygen atoms in total. The molecule has 0 aliphatic rings. The van der Waals surface area contributed by atoms with E-state index in [0.717, 1.165) is 11.3 Å². The molecular weight excluding hydrogens is 390 g/mol. The van der Waals surface area contributed by atoms with Crippen LogP contribution in [0.2, 0.25) is 0 Å². The Hall–Kier alpha value is -3.39. The zero-order valence-electron chi connectivity index (χ0n) is 16.1. The van der Waals surface area contributed by atoms with Crippen molar-refractivity contribution in [2.24, 2.45) is 0 Å². The fourth-order valence-corrected chi connectivity index (χ4v) is 3.13. The predicted octanol–water partition coefficient (Wildman–Crippen LogP) is 4.09. The molecule has 3 rings (SSSR count). The fourth-order valence-electron chi connectivity index (χ4n) is 2.43. The largest absolute Gasteiger partial charge is 0.494 e. The van der Waals surface area contributed by atoms with Crippen LogP contribution < -0.4 is 15.4 Å². The van der Waals surface area contributed by atoms with E-state index in [9.17, 15) is 9.59 Å². The normalized spacial score (nSPS) is 10.8. The topological polar surface area (TPSA) is 93.5 Å². The van der Waals surface area contributed by atoms with E-state index in [4.69, 9.17) is 9.15 Å². The maximum atomic E-state index is 12.1. The molecule has 0 spiro atoms. The van der Waals surface area contributed by atoms with Gasteiger partial charge < -0.3 is 14.5 Å². The van der Waals surface area contributed by atoms with Crippen LogP contribution in [-0.2, 0) is 16.1 Å². The number of anilines is 1. The van der Waals surface area contributed by atoms with E-state index in [1.54, 1.807) is 23.6 Å². The first-order chi connectivity index (χ1) is 14.0. The summed E-state index contributed by atoms with van der Waals surface area (Å²) in [6, 6.07) is 11.0. The number of hydrogen-bond acceptors (Lipinski definition) is 6. The molecule has 0 saturated heterocycles. The molecule has 2 heterocycles. The number of rotatable bonds is 8. The van der Waals surface area contributed by atoms with Crippen molar-refractivity contribution in [2.45, 2.75) is 20.4 Å². The van der Waals surface area contributed by atoms with E-state index >= 15 is 0 Å². The highest BCUT2D eigenvalue weighted by atomic mass is 32.1. The van der Waals surface area contributed by atoms with Crippen molar-refractivity contribution in [1.29, 1.82) is 0 Å². The van der Waals surface area contributed by atoms with Crippen LogP contribution in [0.15, 0.2) is 52.3 Å². The van der Waals surface area contributed by atoms with E-state index in [1.165, 1.54) is 24.3 Å². The summed E-state index contributed by atoms with van der Waals surface area (Å²) in [6.45, 7) is 4.31. The molecule has 0 saturated carbocycles. The summed E-state index contributed by atoms with van der Waals surface area (Å²) in [5, 5.41) is 7.68. The highest BCUT2D eigenvalue weighted by Gasteiger charge is 2.10. The maximum Gasteiger partial charge on any atom is 0.250 e. The summed E-state index contributed by atoms with van der Waals surface area (Å²) in [6.07, 6.45) is 3.18. The number of carbonyl (C=O) groups excluding carboxylic acids is 2. The van der Waals surface area contributed by atoms with Gasteiger partial charge >= 0.3 is 0 Å². The van der Waals surface area contributed by atoms with Gasteiger partial charge in [-0.05, 0) is 42.8 Å². The molecule has 1 aromatic carbocycles. The van der Waals surface area contributed by atoms with Gasteiger partial charge in [0.25, 0.3) is 0 Å². The number of carbonyl (C=O) groups is 2. The van der Waals surface area contributed by atoms with Gasteiger partial charge in [0.15, 0.2) is 10.9 Å². The average molecular weight is 411 g/mol. The third kappa shape index (κ3) is 6.05. The second-order valence-electron chi connectivity index (χ2n) is 6.04. The van der Waals surface area contributed by atoms with Crippen molar-refractivity contribution >= 4 is 34.4 Å². The molecule has 2 amide bonds. The lowest BCUT2D eigenvalue weighted by Gasteiger charge is -2.02. The monoisotopic (exact) mass is 411 g/mol. The van der Waals surface area contributed by atoms with Gasteiger partial charge in [-0.3, -0.25) is 14.9 Å². The first-order valence-corrected chi connectivity index (χ1v) is 9.92. The molecule has 2 aromatic heterocycles. The van der Waals surface area contributed by atoms with E-state index in [2.05, 4.69) is 15.6 Å². The van der Waals surface area contributed by atoms with Crippen molar-refractivity contribution < 1.29 is 18.7 Å². The summed E-state index contributed by atoms with van der Waals surface area (Å²) in [5.41, 5.74) is 1.51. The van der Waals surface area contributed by atoms with Gasteiger partial charge in [0.2, 0.25) is 11.8 Å². The van der Waals surface area contributed by atoms with Gasteiger partial charge in [0.05, 0.1) is 13.2 Å². The second kappa shape index (κ2) is 9.70. The lowest BCUT2D eigenvalue weighted by molar-refractivity contribution is -0.119. The Morgan fingerprint density at radius 2 is 2.00 bits per heavy atom. The summed E-state index contributed by atoms with van der Waals surface area (Å²) in [7, 11) is 0. The van der Waals surface area contributed by atoms with Crippen molar-refractivity contribution in [2.75, 3.05) is 11.9 Å². The summed E-state index contributed by atoms with van der Waals surface area (Å²) >= 11 is 1.31. The van der Waals surface area contributed by atoms with Gasteiger partial charge in [0.1, 0.15) is 17.2 Å². The third-order valence-corrected chi connectivity index (χ3v) is 4.54. The number of thiazole rings is 1. The molecule has 0 atom stereocenters. The van der Waals surface area contributed by atoms with Gasteiger partial charge in [-0.25, -0.2) is 4.98 Å². The van der Waals surface area contributed by atoms with Crippen LogP contribution in [0.25, 0.3) is 17.5 Å². The number of hydrogen-bond donors (Lipinski definition) is 2. The molecule has 0 radical (unpaired) electrons. The smallest absolute Gasteiger partial charge is 0.250 e. The number of nitrogens with zero attached hydrogens (tertiary/aromatic N) is 1. The van der Waals surface area contributed by atoms with Gasteiger partial charge in [-0.2, -0.15) is 0 Å². The van der Waals surface area contributed by atoms with Crippen LogP contribution >= 0.6 is 11.3 Å². The molecule has 0 fully saturated rings. The van der Waals surface area contributed by atoms with E-state index in [-0.39, 0.29) is 11.8 Å². The summed E-state index contributed by atoms with van der Waals surface area (Å²) < 4.78 is 11.1. The molecule has 0 aliphatic heterocycles. The van der Waals surface area contributed by atoms with Crippen LogP contribution in [0.4, 0.5) is 5.13 Å². The van der Waals surface area contributed by atoms with E-state index in [0.29, 0.717) is 35.5 Å². The number of benzene rings is 1. The van der Waals surface area contributed by atoms with Crippen molar-refractivity contribution in [3.05, 3.63) is 59.2 Å². The SMILES string of the molecule is CCOc1ccc(/C=C/C(=O)Nc2nc(-c3ccc(CNC(C)=O)o3)cs2)cc1. The van der Waals surface area contributed by atoms with Crippen LogP contribution in [0.5, 0.6) is 5.75 Å². The Labute approximate surface area is 172 Å². The first kappa shape index (κ1) is 20.3. The Bertz CT molecular complexity index is 1010.